The van der Waals surface area contributed by atoms with Crippen LogP contribution in [0.4, 0.5) is 10.3 Å². The number of aliphatic hydroxyl groups excluding tert-OH is 1. The van der Waals surface area contributed by atoms with Crippen molar-refractivity contribution in [1.82, 2.24) is 19.5 Å². The van der Waals surface area contributed by atoms with E-state index < -0.39 is 80.4 Å². The number of ether oxygens (including phenoxy) is 3. The Bertz CT molecular complexity index is 1350. The fraction of sp³-hybridized carbons (Fsp3) is 0.696. The number of anilines is 1. The second-order valence-electron chi connectivity index (χ2n) is 11.6. The van der Waals surface area contributed by atoms with E-state index in [0.717, 1.165) is 10.9 Å². The Labute approximate surface area is 234 Å². The molecule has 1 aliphatic heterocycles. The molecule has 3 rings (SSSR count). The van der Waals surface area contributed by atoms with Gasteiger partial charge in [-0.3, -0.25) is 28.5 Å². The van der Waals surface area contributed by atoms with Crippen LogP contribution in [0.1, 0.15) is 54.7 Å². The predicted molar refractivity (Wildman–Crippen MR) is 139 cm³/mol. The SMILES string of the molecule is CC(C)(C)C(=O)OCOP(=O)(OCOC(=O)C(C)(C)C)OC[C@@]1(C)O[C@@H](n2cnc3c(=O)[nH]c(N)nc32)[C@H](F)[C@@H]1O. The fourth-order valence-electron chi connectivity index (χ4n) is 3.40. The van der Waals surface area contributed by atoms with Crippen molar-refractivity contribution < 1.29 is 51.4 Å². The van der Waals surface area contributed by atoms with Crippen molar-refractivity contribution in [2.45, 2.75) is 72.6 Å². The van der Waals surface area contributed by atoms with Crippen LogP contribution in [0.5, 0.6) is 0 Å². The zero-order valence-corrected chi connectivity index (χ0v) is 24.6. The van der Waals surface area contributed by atoms with Crippen LogP contribution >= 0.6 is 7.82 Å². The third kappa shape index (κ3) is 7.47. The van der Waals surface area contributed by atoms with E-state index in [0.29, 0.717) is 0 Å². The van der Waals surface area contributed by atoms with E-state index in [9.17, 15) is 24.1 Å². The van der Waals surface area contributed by atoms with Crippen LogP contribution in [-0.4, -0.2) is 74.6 Å². The summed E-state index contributed by atoms with van der Waals surface area (Å²) in [5.41, 5.74) is 1.02. The Morgan fingerprint density at radius 2 is 1.68 bits per heavy atom. The van der Waals surface area contributed by atoms with E-state index in [1.54, 1.807) is 41.5 Å². The number of aliphatic hydroxyl groups is 1. The second kappa shape index (κ2) is 11.7. The van der Waals surface area contributed by atoms with E-state index in [1.807, 2.05) is 0 Å². The number of phosphoric acid groups is 1. The number of rotatable bonds is 10. The van der Waals surface area contributed by atoms with Crippen LogP contribution in [0.25, 0.3) is 11.2 Å². The second-order valence-corrected chi connectivity index (χ2v) is 13.2. The molecule has 0 saturated carbocycles. The molecule has 0 bridgehead atoms. The number of nitrogens with two attached hydrogens (primary N) is 1. The average molecular weight is 608 g/mol. The molecule has 0 aliphatic carbocycles. The van der Waals surface area contributed by atoms with Gasteiger partial charge in [0.25, 0.3) is 5.56 Å². The number of carbonyl (C=O) groups is 2. The zero-order valence-electron chi connectivity index (χ0n) is 23.7. The van der Waals surface area contributed by atoms with Gasteiger partial charge in [0.15, 0.2) is 23.6 Å². The third-order valence-electron chi connectivity index (χ3n) is 5.85. The highest BCUT2D eigenvalue weighted by atomic mass is 31.2. The first-order valence-corrected chi connectivity index (χ1v) is 13.8. The molecule has 0 unspecified atom stereocenters. The van der Waals surface area contributed by atoms with Crippen LogP contribution in [0.15, 0.2) is 11.1 Å². The maximum atomic E-state index is 15.3. The van der Waals surface area contributed by atoms with Crippen molar-refractivity contribution in [3.8, 4) is 0 Å². The lowest BCUT2D eigenvalue weighted by atomic mass is 9.98. The van der Waals surface area contributed by atoms with Crippen molar-refractivity contribution >= 4 is 36.9 Å². The standard InChI is InChI=1S/C23H35FN5O11P/c1-21(2,3)18(32)35-10-38-41(34,39-11-36-19(33)22(4,5)6)37-8-23(7)14(30)12(24)17(40-23)29-9-26-13-15(29)27-20(25)28-16(13)31/h9,12,14,17,30H,8,10-11H2,1-7H3,(H3,25,27,28,31)/t12-,14+,17-,23-/m1/s1. The molecule has 4 atom stereocenters. The molecule has 16 nitrogen and oxygen atoms in total. The Morgan fingerprint density at radius 1 is 1.15 bits per heavy atom. The number of nitrogen functional groups attached to an aromatic ring is 1. The number of carbonyl (C=O) groups excluding carboxylic acids is 2. The van der Waals surface area contributed by atoms with Gasteiger partial charge in [0, 0.05) is 0 Å². The maximum absolute atomic E-state index is 15.3. The van der Waals surface area contributed by atoms with E-state index in [2.05, 4.69) is 15.0 Å². The third-order valence-corrected chi connectivity index (χ3v) is 7.14. The van der Waals surface area contributed by atoms with Gasteiger partial charge in [0.2, 0.25) is 19.5 Å². The number of aromatic nitrogens is 4. The predicted octanol–water partition coefficient (Wildman–Crippen LogP) is 1.94. The van der Waals surface area contributed by atoms with Gasteiger partial charge < -0.3 is 25.1 Å². The number of phosphoric ester groups is 1. The first-order valence-electron chi connectivity index (χ1n) is 12.4. The van der Waals surface area contributed by atoms with E-state index in [4.69, 9.17) is 33.5 Å². The summed E-state index contributed by atoms with van der Waals surface area (Å²) >= 11 is 0. The molecule has 1 aliphatic rings. The summed E-state index contributed by atoms with van der Waals surface area (Å²) in [7, 11) is -4.67. The van der Waals surface area contributed by atoms with Crippen molar-refractivity contribution in [1.29, 1.82) is 0 Å². The number of H-pyrrole nitrogens is 1. The number of nitrogens with one attached hydrogen (secondary N) is 1. The molecule has 18 heteroatoms. The highest BCUT2D eigenvalue weighted by Gasteiger charge is 2.55. The van der Waals surface area contributed by atoms with Crippen LogP contribution < -0.4 is 11.3 Å². The minimum absolute atomic E-state index is 0.102. The number of fused-ring (bicyclic) bond motifs is 1. The van der Waals surface area contributed by atoms with Gasteiger partial charge in [0.1, 0.15) is 11.7 Å². The smallest absolute Gasteiger partial charge is 0.437 e. The number of esters is 2. The maximum Gasteiger partial charge on any atom is 0.480 e. The Kier molecular flexibility index (Phi) is 9.32. The van der Waals surface area contributed by atoms with Gasteiger partial charge in [-0.2, -0.15) is 4.98 Å². The number of halogens is 1. The average Bonchev–Trinajstić information content (AvgIpc) is 3.36. The van der Waals surface area contributed by atoms with E-state index in [-0.39, 0.29) is 17.1 Å². The Balaban J connectivity index is 1.77. The molecule has 230 valence electrons. The van der Waals surface area contributed by atoms with Gasteiger partial charge in [-0.25, -0.2) is 23.0 Å². The minimum Gasteiger partial charge on any atom is -0.437 e. The Morgan fingerprint density at radius 3 is 2.20 bits per heavy atom. The van der Waals surface area contributed by atoms with Crippen LogP contribution in [0.3, 0.4) is 0 Å². The molecule has 41 heavy (non-hydrogen) atoms. The van der Waals surface area contributed by atoms with Crippen molar-refractivity contribution in [2.24, 2.45) is 10.8 Å². The number of nitrogens with zero attached hydrogens (tertiary/aromatic N) is 3. The van der Waals surface area contributed by atoms with Crippen LogP contribution in [-0.2, 0) is 41.9 Å². The first-order chi connectivity index (χ1) is 18.8. The summed E-state index contributed by atoms with van der Waals surface area (Å²) < 4.78 is 60.9. The molecule has 1 saturated heterocycles. The van der Waals surface area contributed by atoms with Gasteiger partial charge >= 0.3 is 19.8 Å². The van der Waals surface area contributed by atoms with Gasteiger partial charge in [-0.15, -0.1) is 0 Å². The summed E-state index contributed by atoms with van der Waals surface area (Å²) in [4.78, 5) is 46.4. The molecule has 0 amide bonds. The minimum atomic E-state index is -4.67. The summed E-state index contributed by atoms with van der Waals surface area (Å²) in [5.74, 6) is -1.62. The first kappa shape index (κ1) is 32.6. The molecular formula is C23H35FN5O11P. The molecule has 0 spiro atoms. The molecule has 3 heterocycles. The number of alkyl halides is 1. The number of hydrogen-bond acceptors (Lipinski definition) is 14. The molecule has 4 N–H and O–H groups in total. The number of imidazole rings is 1. The van der Waals surface area contributed by atoms with Gasteiger partial charge in [0.05, 0.1) is 23.8 Å². The van der Waals surface area contributed by atoms with E-state index in [1.165, 1.54) is 6.92 Å². The largest absolute Gasteiger partial charge is 0.480 e. The van der Waals surface area contributed by atoms with Gasteiger partial charge in [-0.1, -0.05) is 0 Å². The van der Waals surface area contributed by atoms with Crippen LogP contribution in [0, 0.1) is 10.8 Å². The van der Waals surface area contributed by atoms with Crippen molar-refractivity contribution in [3.05, 3.63) is 16.7 Å². The molecular weight excluding hydrogens is 572 g/mol. The monoisotopic (exact) mass is 607 g/mol. The molecule has 2 aromatic rings. The molecule has 0 radical (unpaired) electrons. The molecule has 1 fully saturated rings. The summed E-state index contributed by atoms with van der Waals surface area (Å²) in [6.45, 7) is 8.27. The molecule has 2 aromatic heterocycles. The molecule has 0 aromatic carbocycles. The fourth-order valence-corrected chi connectivity index (χ4v) is 4.40. The van der Waals surface area contributed by atoms with Crippen LogP contribution in [0.2, 0.25) is 0 Å². The lowest BCUT2D eigenvalue weighted by Gasteiger charge is -2.29. The van der Waals surface area contributed by atoms with E-state index >= 15 is 4.39 Å². The summed E-state index contributed by atoms with van der Waals surface area (Å²) in [5, 5.41) is 10.7. The lowest BCUT2D eigenvalue weighted by molar-refractivity contribution is -0.164. The quantitative estimate of drug-likeness (QED) is 0.200. The highest BCUT2D eigenvalue weighted by Crippen LogP contribution is 2.52. The number of hydrogen-bond donors (Lipinski definition) is 3. The topological polar surface area (TPSA) is 216 Å². The highest BCUT2D eigenvalue weighted by molar-refractivity contribution is 7.48. The Hall–Kier alpha value is -2.95. The zero-order chi connectivity index (χ0) is 31.0. The summed E-state index contributed by atoms with van der Waals surface area (Å²) in [6, 6.07) is 0. The normalized spacial score (nSPS) is 23.6. The van der Waals surface area contributed by atoms with Gasteiger partial charge in [-0.05, 0) is 48.5 Å². The van der Waals surface area contributed by atoms with Crippen molar-refractivity contribution in [3.63, 3.8) is 0 Å². The van der Waals surface area contributed by atoms with Crippen molar-refractivity contribution in [2.75, 3.05) is 25.9 Å². The lowest BCUT2D eigenvalue weighted by Crippen LogP contribution is -2.43. The summed E-state index contributed by atoms with van der Waals surface area (Å²) in [6.07, 6.45) is -4.40. The number of aromatic amines is 1.